The lowest BCUT2D eigenvalue weighted by atomic mass is 10.1. The van der Waals surface area contributed by atoms with Gasteiger partial charge in [-0.05, 0) is 23.6 Å². The molecule has 1 aromatic carbocycles. The van der Waals surface area contributed by atoms with Gasteiger partial charge in [0, 0.05) is 37.1 Å². The fourth-order valence-electron chi connectivity index (χ4n) is 3.18. The third-order valence-corrected chi connectivity index (χ3v) is 5.50. The summed E-state index contributed by atoms with van der Waals surface area (Å²) in [4.78, 5) is 28.9. The van der Waals surface area contributed by atoms with Crippen molar-refractivity contribution in [2.45, 2.75) is 0 Å². The lowest BCUT2D eigenvalue weighted by molar-refractivity contribution is 0.0613. The fourth-order valence-corrected chi connectivity index (χ4v) is 3.81. The second-order valence-electron chi connectivity index (χ2n) is 6.50. The summed E-state index contributed by atoms with van der Waals surface area (Å²) in [7, 11) is 4.57. The molecule has 1 saturated heterocycles. The van der Waals surface area contributed by atoms with E-state index < -0.39 is 0 Å². The van der Waals surface area contributed by atoms with Crippen LogP contribution >= 0.6 is 11.3 Å². The minimum atomic E-state index is -0.0915. The quantitative estimate of drug-likeness (QED) is 0.739. The summed E-state index contributed by atoms with van der Waals surface area (Å²) in [6, 6.07) is 5.13. The molecule has 8 nitrogen and oxygen atoms in total. The molecule has 3 rings (SSSR count). The fraction of sp³-hybridized carbons (Fsp3) is 0.400. The van der Waals surface area contributed by atoms with Crippen molar-refractivity contribution in [1.82, 2.24) is 15.1 Å². The minimum absolute atomic E-state index is 0.0813. The maximum absolute atomic E-state index is 13.0. The molecule has 0 atom stereocenters. The first-order valence-electron chi connectivity index (χ1n) is 9.19. The SMILES string of the molecule is COc1cc(C(=O)N2CCN(CNC(=O)c3ccsc3)CC2)cc(OC)c1OC. The van der Waals surface area contributed by atoms with Gasteiger partial charge in [-0.15, -0.1) is 0 Å². The number of nitrogens with one attached hydrogen (secondary N) is 1. The van der Waals surface area contributed by atoms with Crippen LogP contribution in [0.1, 0.15) is 20.7 Å². The monoisotopic (exact) mass is 419 g/mol. The van der Waals surface area contributed by atoms with E-state index in [1.807, 2.05) is 10.8 Å². The molecule has 1 N–H and O–H groups in total. The maximum atomic E-state index is 13.0. The van der Waals surface area contributed by atoms with E-state index in [0.717, 1.165) is 0 Å². The normalized spacial score (nSPS) is 14.4. The molecule has 1 aliphatic heterocycles. The standard InChI is InChI=1S/C20H25N3O5S/c1-26-16-10-15(11-17(27-2)18(16)28-3)20(25)23-7-5-22(6-8-23)13-21-19(24)14-4-9-29-12-14/h4,9-12H,5-8,13H2,1-3H3,(H,21,24). The zero-order valence-electron chi connectivity index (χ0n) is 16.8. The number of methoxy groups -OCH3 is 3. The molecule has 0 bridgehead atoms. The summed E-state index contributed by atoms with van der Waals surface area (Å²) in [6.07, 6.45) is 0. The Bertz CT molecular complexity index is 823. The summed E-state index contributed by atoms with van der Waals surface area (Å²) in [5, 5.41) is 6.62. The smallest absolute Gasteiger partial charge is 0.254 e. The molecule has 0 unspecified atom stereocenters. The number of ether oxygens (including phenoxy) is 3. The number of hydrogen-bond donors (Lipinski definition) is 1. The number of piperazine rings is 1. The first kappa shape index (κ1) is 20.9. The number of carbonyl (C=O) groups is 2. The molecule has 9 heteroatoms. The van der Waals surface area contributed by atoms with Gasteiger partial charge in [-0.1, -0.05) is 0 Å². The molecule has 0 spiro atoms. The number of hydrogen-bond acceptors (Lipinski definition) is 7. The third-order valence-electron chi connectivity index (χ3n) is 4.82. The van der Waals surface area contributed by atoms with E-state index in [1.165, 1.54) is 32.7 Å². The minimum Gasteiger partial charge on any atom is -0.493 e. The van der Waals surface area contributed by atoms with Crippen molar-refractivity contribution in [3.05, 3.63) is 40.1 Å². The van der Waals surface area contributed by atoms with Crippen molar-refractivity contribution < 1.29 is 23.8 Å². The molecule has 2 aromatic rings. The maximum Gasteiger partial charge on any atom is 0.254 e. The van der Waals surface area contributed by atoms with E-state index in [4.69, 9.17) is 14.2 Å². The van der Waals surface area contributed by atoms with Crippen LogP contribution in [0.5, 0.6) is 17.2 Å². The summed E-state index contributed by atoms with van der Waals surface area (Å²) < 4.78 is 16.0. The summed E-state index contributed by atoms with van der Waals surface area (Å²) >= 11 is 1.49. The second kappa shape index (κ2) is 9.62. The van der Waals surface area contributed by atoms with E-state index in [0.29, 0.717) is 61.2 Å². The molecule has 0 radical (unpaired) electrons. The number of benzene rings is 1. The second-order valence-corrected chi connectivity index (χ2v) is 7.28. The van der Waals surface area contributed by atoms with Crippen molar-refractivity contribution >= 4 is 23.2 Å². The van der Waals surface area contributed by atoms with Crippen LogP contribution in [0.3, 0.4) is 0 Å². The van der Waals surface area contributed by atoms with Crippen LogP contribution in [-0.4, -0.2) is 75.8 Å². The molecule has 1 aliphatic rings. The van der Waals surface area contributed by atoms with Gasteiger partial charge in [0.2, 0.25) is 5.75 Å². The first-order valence-corrected chi connectivity index (χ1v) is 10.1. The van der Waals surface area contributed by atoms with E-state index in [1.54, 1.807) is 23.1 Å². The highest BCUT2D eigenvalue weighted by molar-refractivity contribution is 7.08. The van der Waals surface area contributed by atoms with Crippen LogP contribution in [0, 0.1) is 0 Å². The van der Waals surface area contributed by atoms with Gasteiger partial charge in [0.1, 0.15) is 0 Å². The summed E-state index contributed by atoms with van der Waals surface area (Å²) in [6.45, 7) is 2.97. The molecule has 156 valence electrons. The zero-order chi connectivity index (χ0) is 20.8. The van der Waals surface area contributed by atoms with Crippen molar-refractivity contribution in [1.29, 1.82) is 0 Å². The molecular weight excluding hydrogens is 394 g/mol. The van der Waals surface area contributed by atoms with Gasteiger partial charge in [0.15, 0.2) is 11.5 Å². The largest absolute Gasteiger partial charge is 0.493 e. The Morgan fingerprint density at radius 2 is 1.66 bits per heavy atom. The Kier molecular flexibility index (Phi) is 6.95. The first-order chi connectivity index (χ1) is 14.1. The Morgan fingerprint density at radius 1 is 1.00 bits per heavy atom. The average molecular weight is 420 g/mol. The Morgan fingerprint density at radius 3 is 2.17 bits per heavy atom. The lowest BCUT2D eigenvalue weighted by Crippen LogP contribution is -2.51. The van der Waals surface area contributed by atoms with Crippen LogP contribution in [0.25, 0.3) is 0 Å². The molecule has 0 aliphatic carbocycles. The predicted octanol–water partition coefficient (Wildman–Crippen LogP) is 1.92. The summed E-state index contributed by atoms with van der Waals surface area (Å²) in [5.41, 5.74) is 1.16. The van der Waals surface area contributed by atoms with Crippen molar-refractivity contribution in [2.75, 3.05) is 54.2 Å². The molecule has 1 aromatic heterocycles. The highest BCUT2D eigenvalue weighted by Gasteiger charge is 2.25. The van der Waals surface area contributed by atoms with Gasteiger partial charge in [0.25, 0.3) is 11.8 Å². The van der Waals surface area contributed by atoms with E-state index >= 15 is 0 Å². The number of thiophene rings is 1. The summed E-state index contributed by atoms with van der Waals surface area (Å²) in [5.74, 6) is 1.18. The van der Waals surface area contributed by atoms with Crippen molar-refractivity contribution in [2.24, 2.45) is 0 Å². The van der Waals surface area contributed by atoms with E-state index in [2.05, 4.69) is 10.2 Å². The molecule has 0 saturated carbocycles. The van der Waals surface area contributed by atoms with Gasteiger partial charge in [-0.25, -0.2) is 0 Å². The predicted molar refractivity (Wildman–Crippen MR) is 110 cm³/mol. The topological polar surface area (TPSA) is 80.3 Å². The number of rotatable bonds is 7. The average Bonchev–Trinajstić information content (AvgIpc) is 3.31. The Labute approximate surface area is 174 Å². The van der Waals surface area contributed by atoms with Crippen LogP contribution in [0.2, 0.25) is 0 Å². The van der Waals surface area contributed by atoms with Gasteiger partial charge in [0.05, 0.1) is 33.6 Å². The Hall–Kier alpha value is -2.78. The van der Waals surface area contributed by atoms with Crippen molar-refractivity contribution in [3.8, 4) is 17.2 Å². The molecule has 2 amide bonds. The highest BCUT2D eigenvalue weighted by atomic mass is 32.1. The van der Waals surface area contributed by atoms with Gasteiger partial charge in [-0.3, -0.25) is 14.5 Å². The zero-order valence-corrected chi connectivity index (χ0v) is 17.6. The van der Waals surface area contributed by atoms with E-state index in [9.17, 15) is 9.59 Å². The lowest BCUT2D eigenvalue weighted by Gasteiger charge is -2.34. The number of nitrogens with zero attached hydrogens (tertiary/aromatic N) is 2. The van der Waals surface area contributed by atoms with Crippen LogP contribution in [0.15, 0.2) is 29.0 Å². The molecule has 29 heavy (non-hydrogen) atoms. The molecule has 2 heterocycles. The van der Waals surface area contributed by atoms with Crippen LogP contribution in [-0.2, 0) is 0 Å². The Balaban J connectivity index is 1.58. The van der Waals surface area contributed by atoms with Gasteiger partial charge in [-0.2, -0.15) is 11.3 Å². The third kappa shape index (κ3) is 4.80. The molecule has 1 fully saturated rings. The van der Waals surface area contributed by atoms with Crippen LogP contribution in [0.4, 0.5) is 0 Å². The number of amides is 2. The van der Waals surface area contributed by atoms with Crippen LogP contribution < -0.4 is 19.5 Å². The number of carbonyl (C=O) groups excluding carboxylic acids is 2. The van der Waals surface area contributed by atoms with Gasteiger partial charge < -0.3 is 24.4 Å². The van der Waals surface area contributed by atoms with Crippen molar-refractivity contribution in [3.63, 3.8) is 0 Å². The van der Waals surface area contributed by atoms with Gasteiger partial charge >= 0.3 is 0 Å². The molecular formula is C20H25N3O5S. The highest BCUT2D eigenvalue weighted by Crippen LogP contribution is 2.38. The van der Waals surface area contributed by atoms with E-state index in [-0.39, 0.29) is 11.8 Å².